The van der Waals surface area contributed by atoms with Gasteiger partial charge in [-0.2, -0.15) is 4.83 Å². The Kier molecular flexibility index (Phi) is 3.95. The zero-order chi connectivity index (χ0) is 8.10. The molecule has 0 spiro atoms. The lowest BCUT2D eigenvalue weighted by Gasteiger charge is -2.22. The van der Waals surface area contributed by atoms with E-state index in [1.807, 2.05) is 0 Å². The number of piperidine rings is 1. The molecule has 5 nitrogen and oxygen atoms in total. The van der Waals surface area contributed by atoms with Crippen LogP contribution in [-0.4, -0.2) is 27.9 Å². The van der Waals surface area contributed by atoms with Gasteiger partial charge in [-0.1, -0.05) is 0 Å². The largest absolute Gasteiger partial charge is 0.317 e. The van der Waals surface area contributed by atoms with Crippen LogP contribution in [0.5, 0.6) is 0 Å². The highest BCUT2D eigenvalue weighted by Gasteiger charge is 2.11. The summed E-state index contributed by atoms with van der Waals surface area (Å²) in [4.78, 5) is 2.27. The molecule has 0 aromatic rings. The first-order valence-electron chi connectivity index (χ1n) is 3.62. The number of hydrazine groups is 1. The molecule has 0 aromatic heterocycles. The Morgan fingerprint density at radius 2 is 2.09 bits per heavy atom. The lowest BCUT2D eigenvalue weighted by molar-refractivity contribution is 0.372. The van der Waals surface area contributed by atoms with E-state index in [-0.39, 0.29) is 0 Å². The fraction of sp³-hybridized carbons (Fsp3) is 1.00. The van der Waals surface area contributed by atoms with Crippen molar-refractivity contribution >= 4 is 11.3 Å². The van der Waals surface area contributed by atoms with E-state index in [4.69, 9.17) is 4.55 Å². The van der Waals surface area contributed by atoms with Crippen LogP contribution in [0.3, 0.4) is 0 Å². The highest BCUT2D eigenvalue weighted by molar-refractivity contribution is 7.77. The highest BCUT2D eigenvalue weighted by Crippen LogP contribution is 1.99. The van der Waals surface area contributed by atoms with Gasteiger partial charge in [0.25, 0.3) is 0 Å². The molecular formula is C5H13N3O2S. The zero-order valence-electron chi connectivity index (χ0n) is 6.17. The summed E-state index contributed by atoms with van der Waals surface area (Å²) in [6, 6.07) is 0.312. The van der Waals surface area contributed by atoms with Crippen LogP contribution in [-0.2, 0) is 11.3 Å². The SMILES string of the molecule is O=S(O)NNC1CCNCC1. The number of hydrogen-bond acceptors (Lipinski definition) is 3. The fourth-order valence-electron chi connectivity index (χ4n) is 1.10. The summed E-state index contributed by atoms with van der Waals surface area (Å²) in [5, 5.41) is 3.20. The molecule has 1 saturated heterocycles. The topological polar surface area (TPSA) is 73.4 Å². The van der Waals surface area contributed by atoms with Crippen molar-refractivity contribution in [3.05, 3.63) is 0 Å². The third-order valence-electron chi connectivity index (χ3n) is 1.69. The van der Waals surface area contributed by atoms with Crippen molar-refractivity contribution < 1.29 is 8.76 Å². The van der Waals surface area contributed by atoms with E-state index in [9.17, 15) is 4.21 Å². The Labute approximate surface area is 68.3 Å². The summed E-state index contributed by atoms with van der Waals surface area (Å²) in [5.74, 6) is 0. The van der Waals surface area contributed by atoms with Gasteiger partial charge in [-0.15, -0.1) is 0 Å². The van der Waals surface area contributed by atoms with Crippen LogP contribution in [0.2, 0.25) is 0 Å². The Morgan fingerprint density at radius 3 is 2.64 bits per heavy atom. The first-order valence-corrected chi connectivity index (χ1v) is 4.72. The van der Waals surface area contributed by atoms with Crippen LogP contribution >= 0.6 is 0 Å². The van der Waals surface area contributed by atoms with Crippen LogP contribution in [0.25, 0.3) is 0 Å². The van der Waals surface area contributed by atoms with Gasteiger partial charge in [0, 0.05) is 6.04 Å². The van der Waals surface area contributed by atoms with E-state index in [0.717, 1.165) is 25.9 Å². The summed E-state index contributed by atoms with van der Waals surface area (Å²) in [5.41, 5.74) is 2.78. The molecule has 0 aliphatic carbocycles. The van der Waals surface area contributed by atoms with Crippen molar-refractivity contribution in [1.82, 2.24) is 15.6 Å². The smallest absolute Gasteiger partial charge is 0.245 e. The molecule has 0 bridgehead atoms. The van der Waals surface area contributed by atoms with Gasteiger partial charge in [-0.05, 0) is 25.9 Å². The molecule has 11 heavy (non-hydrogen) atoms. The minimum atomic E-state index is -1.95. The van der Waals surface area contributed by atoms with Crippen molar-refractivity contribution in [3.63, 3.8) is 0 Å². The molecule has 1 fully saturated rings. The molecule has 1 unspecified atom stereocenters. The summed E-state index contributed by atoms with van der Waals surface area (Å²) in [6.07, 6.45) is 1.98. The van der Waals surface area contributed by atoms with Crippen molar-refractivity contribution in [2.75, 3.05) is 13.1 Å². The maximum absolute atomic E-state index is 10.2. The van der Waals surface area contributed by atoms with Gasteiger partial charge < -0.3 is 5.32 Å². The van der Waals surface area contributed by atoms with Gasteiger partial charge >= 0.3 is 0 Å². The molecule has 1 aliphatic rings. The molecule has 0 radical (unpaired) electrons. The van der Waals surface area contributed by atoms with E-state index >= 15 is 0 Å². The van der Waals surface area contributed by atoms with Crippen LogP contribution in [0, 0.1) is 0 Å². The third kappa shape index (κ3) is 3.78. The summed E-state index contributed by atoms with van der Waals surface area (Å²) < 4.78 is 18.5. The molecule has 1 rings (SSSR count). The third-order valence-corrected chi connectivity index (χ3v) is 1.98. The molecule has 0 aromatic carbocycles. The normalized spacial score (nSPS) is 23.4. The Morgan fingerprint density at radius 1 is 1.45 bits per heavy atom. The lowest BCUT2D eigenvalue weighted by atomic mass is 10.1. The van der Waals surface area contributed by atoms with Gasteiger partial charge in [-0.25, -0.2) is 9.63 Å². The highest BCUT2D eigenvalue weighted by atomic mass is 32.2. The van der Waals surface area contributed by atoms with Crippen LogP contribution in [0.15, 0.2) is 0 Å². The van der Waals surface area contributed by atoms with Crippen LogP contribution < -0.4 is 15.6 Å². The van der Waals surface area contributed by atoms with Gasteiger partial charge in [-0.3, -0.25) is 4.55 Å². The standard InChI is InChI=1S/C5H13N3O2S/c9-11(10)8-7-5-1-3-6-4-2-5/h5-8H,1-4H2,(H,9,10). The minimum absolute atomic E-state index is 0.312. The van der Waals surface area contributed by atoms with Crippen molar-refractivity contribution in [1.29, 1.82) is 0 Å². The van der Waals surface area contributed by atoms with Crippen LogP contribution in [0.4, 0.5) is 0 Å². The maximum Gasteiger partial charge on any atom is 0.245 e. The number of rotatable bonds is 3. The molecule has 1 heterocycles. The average molecular weight is 179 g/mol. The zero-order valence-corrected chi connectivity index (χ0v) is 6.99. The second-order valence-electron chi connectivity index (χ2n) is 2.52. The van der Waals surface area contributed by atoms with Crippen LogP contribution in [0.1, 0.15) is 12.8 Å². The van der Waals surface area contributed by atoms with E-state index in [2.05, 4.69) is 15.6 Å². The first kappa shape index (κ1) is 9.08. The Bertz CT molecular complexity index is 138. The Balaban J connectivity index is 2.09. The van der Waals surface area contributed by atoms with E-state index < -0.39 is 11.3 Å². The van der Waals surface area contributed by atoms with Gasteiger partial charge in [0.05, 0.1) is 0 Å². The second kappa shape index (κ2) is 4.78. The predicted molar refractivity (Wildman–Crippen MR) is 42.9 cm³/mol. The minimum Gasteiger partial charge on any atom is -0.317 e. The van der Waals surface area contributed by atoms with E-state index in [1.165, 1.54) is 0 Å². The van der Waals surface area contributed by atoms with Gasteiger partial charge in [0.15, 0.2) is 0 Å². The van der Waals surface area contributed by atoms with Crippen molar-refractivity contribution in [2.45, 2.75) is 18.9 Å². The summed E-state index contributed by atoms with van der Waals surface area (Å²) in [6.45, 7) is 1.94. The second-order valence-corrected chi connectivity index (χ2v) is 3.22. The molecule has 6 heteroatoms. The molecule has 66 valence electrons. The predicted octanol–water partition coefficient (Wildman–Crippen LogP) is -1.03. The molecule has 4 N–H and O–H groups in total. The summed E-state index contributed by atoms with van der Waals surface area (Å²) >= 11 is -1.95. The van der Waals surface area contributed by atoms with E-state index in [1.54, 1.807) is 0 Å². The Hall–Kier alpha value is -0.0100. The molecule has 0 amide bonds. The maximum atomic E-state index is 10.2. The quantitative estimate of drug-likeness (QED) is 0.330. The number of nitrogens with one attached hydrogen (secondary N) is 3. The monoisotopic (exact) mass is 179 g/mol. The summed E-state index contributed by atoms with van der Waals surface area (Å²) in [7, 11) is 0. The fourth-order valence-corrected chi connectivity index (χ4v) is 1.37. The molecule has 1 atom stereocenters. The lowest BCUT2D eigenvalue weighted by Crippen LogP contribution is -2.46. The molecule has 0 saturated carbocycles. The van der Waals surface area contributed by atoms with Crippen molar-refractivity contribution in [3.8, 4) is 0 Å². The first-order chi connectivity index (χ1) is 5.29. The van der Waals surface area contributed by atoms with Gasteiger partial charge in [0.1, 0.15) is 0 Å². The average Bonchev–Trinajstić information content (AvgIpc) is 2.03. The van der Waals surface area contributed by atoms with Crippen molar-refractivity contribution in [2.24, 2.45) is 0 Å². The van der Waals surface area contributed by atoms with Gasteiger partial charge in [0.2, 0.25) is 11.3 Å². The van der Waals surface area contributed by atoms with E-state index in [0.29, 0.717) is 6.04 Å². The molecule has 1 aliphatic heterocycles. The number of hydrogen-bond donors (Lipinski definition) is 4. The molecular weight excluding hydrogens is 166 g/mol.